The summed E-state index contributed by atoms with van der Waals surface area (Å²) < 4.78 is 8.23. The molecule has 0 radical (unpaired) electrons. The summed E-state index contributed by atoms with van der Waals surface area (Å²) in [5.74, 6) is 1.25. The molecule has 25 heavy (non-hydrogen) atoms. The molecule has 1 unspecified atom stereocenters. The van der Waals surface area contributed by atoms with Gasteiger partial charge < -0.3 is 9.64 Å². The molecule has 3 aromatic rings. The van der Waals surface area contributed by atoms with Crippen molar-refractivity contribution in [1.82, 2.24) is 34.7 Å². The normalized spacial score (nSPS) is 17.8. The predicted octanol–water partition coefficient (Wildman–Crippen LogP) is 0.151. The van der Waals surface area contributed by atoms with Gasteiger partial charge in [-0.1, -0.05) is 5.21 Å². The zero-order valence-corrected chi connectivity index (χ0v) is 13.7. The predicted molar refractivity (Wildman–Crippen MR) is 89.1 cm³/mol. The van der Waals surface area contributed by atoms with Crippen molar-refractivity contribution in [1.29, 1.82) is 0 Å². The zero-order valence-electron chi connectivity index (χ0n) is 13.7. The molecule has 0 saturated carbocycles. The summed E-state index contributed by atoms with van der Waals surface area (Å²) in [6.07, 6.45) is 8.43. The third-order valence-corrected chi connectivity index (χ3v) is 4.32. The molecular formula is C15H18N8O2. The van der Waals surface area contributed by atoms with Crippen molar-refractivity contribution in [2.45, 2.75) is 18.9 Å². The van der Waals surface area contributed by atoms with Crippen molar-refractivity contribution in [3.8, 4) is 11.5 Å². The van der Waals surface area contributed by atoms with Crippen LogP contribution < -0.4 is 10.5 Å². The van der Waals surface area contributed by atoms with E-state index in [0.717, 1.165) is 31.7 Å². The van der Waals surface area contributed by atoms with Gasteiger partial charge in [-0.15, -0.1) is 5.10 Å². The van der Waals surface area contributed by atoms with Crippen LogP contribution in [-0.4, -0.2) is 61.0 Å². The Balaban J connectivity index is 1.65. The molecule has 130 valence electrons. The van der Waals surface area contributed by atoms with Gasteiger partial charge in [-0.25, -0.2) is 14.6 Å². The van der Waals surface area contributed by atoms with E-state index in [1.165, 1.54) is 21.9 Å². The summed E-state index contributed by atoms with van der Waals surface area (Å²) in [6, 6.07) is 1.79. The van der Waals surface area contributed by atoms with Crippen LogP contribution in [0.1, 0.15) is 12.8 Å². The monoisotopic (exact) mass is 342 g/mol. The van der Waals surface area contributed by atoms with Gasteiger partial charge in [-0.2, -0.15) is 4.68 Å². The number of ether oxygens (including phenoxy) is 1. The molecule has 0 bridgehead atoms. The maximum absolute atomic E-state index is 12.6. The molecule has 0 spiro atoms. The lowest BCUT2D eigenvalue weighted by molar-refractivity contribution is 0.0891. The highest BCUT2D eigenvalue weighted by Gasteiger charge is 2.21. The quantitative estimate of drug-likeness (QED) is 0.719. The Hall–Kier alpha value is -3.01. The van der Waals surface area contributed by atoms with Crippen molar-refractivity contribution in [3.05, 3.63) is 41.3 Å². The van der Waals surface area contributed by atoms with E-state index in [2.05, 4.69) is 30.3 Å². The average molecular weight is 342 g/mol. The Morgan fingerprint density at radius 2 is 2.20 bits per heavy atom. The minimum Gasteiger partial charge on any atom is -0.380 e. The molecular weight excluding hydrogens is 324 g/mol. The molecule has 3 aromatic heterocycles. The molecule has 4 heterocycles. The molecule has 1 aliphatic heterocycles. The first-order valence-electron chi connectivity index (χ1n) is 8.03. The molecule has 10 nitrogen and oxygen atoms in total. The topological polar surface area (TPSA) is 107 Å². The SMILES string of the molecule is COC1CCCN(c2cc(-n3[nH]cc(-n4ccnn4)c3=O)ncn2)C1. The molecule has 1 saturated heterocycles. The van der Waals surface area contributed by atoms with Crippen LogP contribution >= 0.6 is 0 Å². The van der Waals surface area contributed by atoms with Crippen LogP contribution in [0.15, 0.2) is 35.8 Å². The molecule has 0 aromatic carbocycles. The van der Waals surface area contributed by atoms with Crippen LogP contribution in [0.3, 0.4) is 0 Å². The maximum atomic E-state index is 12.6. The lowest BCUT2D eigenvalue weighted by Crippen LogP contribution is -2.39. The minimum absolute atomic E-state index is 0.194. The highest BCUT2D eigenvalue weighted by atomic mass is 16.5. The third kappa shape index (κ3) is 2.91. The van der Waals surface area contributed by atoms with Crippen molar-refractivity contribution in [2.75, 3.05) is 25.1 Å². The molecule has 1 atom stereocenters. The molecule has 0 amide bonds. The van der Waals surface area contributed by atoms with Gasteiger partial charge in [-0.05, 0) is 12.8 Å². The summed E-state index contributed by atoms with van der Waals surface area (Å²) in [7, 11) is 1.73. The van der Waals surface area contributed by atoms with Gasteiger partial charge in [0.05, 0.1) is 24.7 Å². The highest BCUT2D eigenvalue weighted by molar-refractivity contribution is 5.44. The van der Waals surface area contributed by atoms with E-state index in [-0.39, 0.29) is 11.7 Å². The summed E-state index contributed by atoms with van der Waals surface area (Å²) >= 11 is 0. The number of aromatic nitrogens is 7. The Kier molecular flexibility index (Phi) is 4.02. The number of piperidine rings is 1. The van der Waals surface area contributed by atoms with E-state index >= 15 is 0 Å². The third-order valence-electron chi connectivity index (χ3n) is 4.32. The fourth-order valence-electron chi connectivity index (χ4n) is 3.00. The van der Waals surface area contributed by atoms with Gasteiger partial charge in [0.15, 0.2) is 11.5 Å². The van der Waals surface area contributed by atoms with Crippen molar-refractivity contribution >= 4 is 5.82 Å². The standard InChI is InChI=1S/C15H18N8O2/c1-25-11-3-2-5-21(9-11)13-7-14(17-10-16-13)23-15(24)12(8-19-23)22-6-4-18-20-22/h4,6-8,10-11,19H,2-3,5,9H2,1H3. The van der Waals surface area contributed by atoms with Crippen molar-refractivity contribution < 1.29 is 4.74 Å². The van der Waals surface area contributed by atoms with E-state index in [1.807, 2.05) is 0 Å². The van der Waals surface area contributed by atoms with Crippen LogP contribution in [0.25, 0.3) is 11.5 Å². The van der Waals surface area contributed by atoms with Crippen LogP contribution in [0, 0.1) is 0 Å². The summed E-state index contributed by atoms with van der Waals surface area (Å²) in [5, 5.41) is 10.5. The second-order valence-corrected chi connectivity index (χ2v) is 5.83. The Bertz CT molecular complexity index is 900. The number of H-pyrrole nitrogens is 1. The number of nitrogens with one attached hydrogen (secondary N) is 1. The van der Waals surface area contributed by atoms with Crippen molar-refractivity contribution in [2.24, 2.45) is 0 Å². The molecule has 0 aliphatic carbocycles. The summed E-state index contributed by atoms with van der Waals surface area (Å²) in [5.41, 5.74) is 0.110. The van der Waals surface area contributed by atoms with Crippen LogP contribution in [0.4, 0.5) is 5.82 Å². The first kappa shape index (κ1) is 15.5. The number of nitrogens with zero attached hydrogens (tertiary/aromatic N) is 7. The zero-order chi connectivity index (χ0) is 17.2. The largest absolute Gasteiger partial charge is 0.380 e. The van der Waals surface area contributed by atoms with Gasteiger partial charge in [-0.3, -0.25) is 9.89 Å². The second kappa shape index (κ2) is 6.48. The van der Waals surface area contributed by atoms with Crippen LogP contribution in [0.5, 0.6) is 0 Å². The van der Waals surface area contributed by atoms with E-state index in [4.69, 9.17) is 4.74 Å². The summed E-state index contributed by atoms with van der Waals surface area (Å²) in [6.45, 7) is 1.68. The lowest BCUT2D eigenvalue weighted by Gasteiger charge is -2.32. The number of rotatable bonds is 4. The average Bonchev–Trinajstić information content (AvgIpc) is 3.31. The number of hydrogen-bond acceptors (Lipinski definition) is 7. The number of anilines is 1. The lowest BCUT2D eigenvalue weighted by atomic mass is 10.1. The van der Waals surface area contributed by atoms with Gasteiger partial charge in [0.25, 0.3) is 5.56 Å². The molecule has 1 fully saturated rings. The molecule has 10 heteroatoms. The van der Waals surface area contributed by atoms with Crippen LogP contribution in [0.2, 0.25) is 0 Å². The van der Waals surface area contributed by atoms with E-state index < -0.39 is 0 Å². The minimum atomic E-state index is -0.261. The maximum Gasteiger partial charge on any atom is 0.298 e. The van der Waals surface area contributed by atoms with E-state index in [0.29, 0.717) is 11.5 Å². The highest BCUT2D eigenvalue weighted by Crippen LogP contribution is 2.20. The van der Waals surface area contributed by atoms with Gasteiger partial charge in [0.1, 0.15) is 12.1 Å². The molecule has 4 rings (SSSR count). The Morgan fingerprint density at radius 1 is 1.32 bits per heavy atom. The Morgan fingerprint density at radius 3 is 3.00 bits per heavy atom. The van der Waals surface area contributed by atoms with Gasteiger partial charge in [0.2, 0.25) is 0 Å². The number of methoxy groups -OCH3 is 1. The molecule has 1 N–H and O–H groups in total. The fourth-order valence-corrected chi connectivity index (χ4v) is 3.00. The van der Waals surface area contributed by atoms with Gasteiger partial charge in [0, 0.05) is 26.3 Å². The van der Waals surface area contributed by atoms with Crippen LogP contribution in [-0.2, 0) is 4.74 Å². The first-order valence-corrected chi connectivity index (χ1v) is 8.03. The fraction of sp³-hybridized carbons (Fsp3) is 0.400. The number of aromatic amines is 1. The van der Waals surface area contributed by atoms with Gasteiger partial charge >= 0.3 is 0 Å². The van der Waals surface area contributed by atoms with E-state index in [9.17, 15) is 4.79 Å². The Labute approximate surface area is 143 Å². The number of hydrogen-bond donors (Lipinski definition) is 1. The van der Waals surface area contributed by atoms with E-state index in [1.54, 1.807) is 25.6 Å². The smallest absolute Gasteiger partial charge is 0.298 e. The first-order chi connectivity index (χ1) is 12.3. The second-order valence-electron chi connectivity index (χ2n) is 5.83. The van der Waals surface area contributed by atoms with Crippen molar-refractivity contribution in [3.63, 3.8) is 0 Å². The molecule has 1 aliphatic rings. The summed E-state index contributed by atoms with van der Waals surface area (Å²) in [4.78, 5) is 23.3.